The number of nitro groups is 2. The average Bonchev–Trinajstić information content (AvgIpc) is 3.14. The van der Waals surface area contributed by atoms with Gasteiger partial charge in [-0.15, -0.1) is 0 Å². The Kier molecular flexibility index (Phi) is 7.57. The van der Waals surface area contributed by atoms with Crippen LogP contribution in [-0.4, -0.2) is 15.6 Å². The Morgan fingerprint density at radius 2 is 1.93 bits per heavy atom. The van der Waals surface area contributed by atoms with Crippen molar-refractivity contribution >= 4 is 61.1 Å². The maximum Gasteiger partial charge on any atom is 0.324 e. The van der Waals surface area contributed by atoms with Crippen molar-refractivity contribution in [1.82, 2.24) is 0 Å². The SMILES string of the molecule is O=C(CCCC1=CCCC(c2cccc([N+](=O)[O-])c2)=C(Br)S1)c1ccc([N+](=O)[O-])s1. The second kappa shape index (κ2) is 10.1. The van der Waals surface area contributed by atoms with Gasteiger partial charge in [0.1, 0.15) is 0 Å². The molecule has 0 fully saturated rings. The molecule has 0 N–H and O–H groups in total. The molecule has 156 valence electrons. The topological polar surface area (TPSA) is 103 Å². The number of hydrogen-bond acceptors (Lipinski definition) is 7. The molecule has 1 aliphatic heterocycles. The number of Topliss-reactive ketones (excluding diaryl/α,β-unsaturated/α-hetero) is 1. The maximum atomic E-state index is 12.3. The van der Waals surface area contributed by atoms with Crippen LogP contribution in [0, 0.1) is 20.2 Å². The summed E-state index contributed by atoms with van der Waals surface area (Å²) in [6.45, 7) is 0. The molecule has 0 spiro atoms. The van der Waals surface area contributed by atoms with Crippen molar-refractivity contribution in [2.45, 2.75) is 32.1 Å². The van der Waals surface area contributed by atoms with Crippen molar-refractivity contribution in [2.75, 3.05) is 0 Å². The molecule has 0 radical (unpaired) electrons. The van der Waals surface area contributed by atoms with Crippen molar-refractivity contribution < 1.29 is 14.6 Å². The summed E-state index contributed by atoms with van der Waals surface area (Å²) in [6.07, 6.45) is 5.40. The molecular weight excluding hydrogens is 492 g/mol. The molecular formula is C20H17BrN2O5S2. The van der Waals surface area contributed by atoms with Crippen LogP contribution in [0.25, 0.3) is 5.57 Å². The molecule has 2 aromatic rings. The van der Waals surface area contributed by atoms with Crippen LogP contribution in [0.3, 0.4) is 0 Å². The lowest BCUT2D eigenvalue weighted by molar-refractivity contribution is -0.384. The molecule has 0 saturated carbocycles. The standard InChI is InChI=1S/C20H17BrN2O5S2/c21-20-16(13-4-1-5-14(12-13)22(25)26)8-2-6-15(29-20)7-3-9-17(24)18-10-11-19(30-18)23(27)28/h1,4-6,10-12H,2-3,7-9H2. The highest BCUT2D eigenvalue weighted by Gasteiger charge is 2.18. The highest BCUT2D eigenvalue weighted by molar-refractivity contribution is 9.14. The lowest BCUT2D eigenvalue weighted by atomic mass is 10.0. The summed E-state index contributed by atoms with van der Waals surface area (Å²) in [5.74, 6) is -0.0841. The molecule has 7 nitrogen and oxygen atoms in total. The normalized spacial score (nSPS) is 14.2. The monoisotopic (exact) mass is 508 g/mol. The third kappa shape index (κ3) is 5.65. The summed E-state index contributed by atoms with van der Waals surface area (Å²) >= 11 is 6.10. The number of thiophene rings is 1. The zero-order valence-electron chi connectivity index (χ0n) is 15.7. The van der Waals surface area contributed by atoms with Crippen LogP contribution in [0.4, 0.5) is 10.7 Å². The van der Waals surface area contributed by atoms with Crippen molar-refractivity contribution in [3.8, 4) is 0 Å². The third-order valence-electron chi connectivity index (χ3n) is 4.50. The Balaban J connectivity index is 1.60. The van der Waals surface area contributed by atoms with Gasteiger partial charge in [-0.05, 0) is 63.7 Å². The molecule has 0 bridgehead atoms. The first kappa shape index (κ1) is 22.4. The van der Waals surface area contributed by atoms with E-state index in [1.54, 1.807) is 23.9 Å². The number of ketones is 1. The predicted molar refractivity (Wildman–Crippen MR) is 123 cm³/mol. The quantitative estimate of drug-likeness (QED) is 0.214. The second-order valence-corrected chi connectivity index (χ2v) is 10.1. The average molecular weight is 509 g/mol. The Morgan fingerprint density at radius 1 is 1.13 bits per heavy atom. The van der Waals surface area contributed by atoms with E-state index in [-0.39, 0.29) is 16.5 Å². The molecule has 2 heterocycles. The van der Waals surface area contributed by atoms with Crippen LogP contribution in [0.2, 0.25) is 0 Å². The van der Waals surface area contributed by atoms with Gasteiger partial charge in [0.25, 0.3) is 5.69 Å². The number of carbonyl (C=O) groups excluding carboxylic acids is 1. The van der Waals surface area contributed by atoms with E-state index < -0.39 is 9.85 Å². The predicted octanol–water partition coefficient (Wildman–Crippen LogP) is 7.09. The molecule has 10 heteroatoms. The molecule has 1 aromatic carbocycles. The van der Waals surface area contributed by atoms with Crippen LogP contribution in [0.5, 0.6) is 0 Å². The molecule has 0 amide bonds. The number of benzene rings is 1. The minimum atomic E-state index is -0.489. The fourth-order valence-corrected chi connectivity index (χ4v) is 5.89. The molecule has 1 aromatic heterocycles. The largest absolute Gasteiger partial charge is 0.324 e. The van der Waals surface area contributed by atoms with Crippen LogP contribution >= 0.6 is 39.0 Å². The number of carbonyl (C=O) groups is 1. The summed E-state index contributed by atoms with van der Waals surface area (Å²) in [5, 5.41) is 21.8. The number of nitrogens with zero attached hydrogens (tertiary/aromatic N) is 2. The van der Waals surface area contributed by atoms with E-state index in [0.717, 1.165) is 50.5 Å². The molecule has 0 aliphatic carbocycles. The first-order valence-corrected chi connectivity index (χ1v) is 11.6. The van der Waals surface area contributed by atoms with Gasteiger partial charge in [0.15, 0.2) is 5.78 Å². The van der Waals surface area contributed by atoms with Gasteiger partial charge in [0, 0.05) is 24.6 Å². The van der Waals surface area contributed by atoms with Gasteiger partial charge in [-0.2, -0.15) is 0 Å². The van der Waals surface area contributed by atoms with Gasteiger partial charge in [-0.3, -0.25) is 25.0 Å². The number of hydrogen-bond donors (Lipinski definition) is 0. The van der Waals surface area contributed by atoms with Gasteiger partial charge in [0.05, 0.1) is 18.5 Å². The fraction of sp³-hybridized carbons (Fsp3) is 0.250. The van der Waals surface area contributed by atoms with E-state index in [1.807, 2.05) is 6.07 Å². The van der Waals surface area contributed by atoms with Crippen LogP contribution in [0.1, 0.15) is 47.3 Å². The van der Waals surface area contributed by atoms with E-state index in [9.17, 15) is 25.0 Å². The number of nitro benzene ring substituents is 1. The van der Waals surface area contributed by atoms with Crippen molar-refractivity contribution in [3.05, 3.63) is 81.9 Å². The van der Waals surface area contributed by atoms with E-state index in [2.05, 4.69) is 22.0 Å². The summed E-state index contributed by atoms with van der Waals surface area (Å²) in [6, 6.07) is 9.49. The third-order valence-corrected chi connectivity index (χ3v) is 7.60. The van der Waals surface area contributed by atoms with Crippen LogP contribution < -0.4 is 0 Å². The fourth-order valence-electron chi connectivity index (χ4n) is 3.03. The molecule has 1 aliphatic rings. The van der Waals surface area contributed by atoms with Gasteiger partial charge in [-0.1, -0.05) is 41.3 Å². The first-order chi connectivity index (χ1) is 14.3. The summed E-state index contributed by atoms with van der Waals surface area (Å²) < 4.78 is 0.923. The minimum Gasteiger partial charge on any atom is -0.293 e. The van der Waals surface area contributed by atoms with Crippen molar-refractivity contribution in [2.24, 2.45) is 0 Å². The highest BCUT2D eigenvalue weighted by atomic mass is 79.9. The molecule has 0 unspecified atom stereocenters. The van der Waals surface area contributed by atoms with Crippen molar-refractivity contribution in [1.29, 1.82) is 0 Å². The van der Waals surface area contributed by atoms with Gasteiger partial charge < -0.3 is 0 Å². The van der Waals surface area contributed by atoms with Crippen molar-refractivity contribution in [3.63, 3.8) is 0 Å². The number of allylic oxidation sites excluding steroid dienone is 3. The van der Waals surface area contributed by atoms with E-state index in [1.165, 1.54) is 18.2 Å². The highest BCUT2D eigenvalue weighted by Crippen LogP contribution is 2.43. The van der Waals surface area contributed by atoms with E-state index >= 15 is 0 Å². The summed E-state index contributed by atoms with van der Waals surface area (Å²) in [4.78, 5) is 34.7. The maximum absolute atomic E-state index is 12.3. The summed E-state index contributed by atoms with van der Waals surface area (Å²) in [5.41, 5.74) is 1.92. The van der Waals surface area contributed by atoms with Gasteiger partial charge in [-0.25, -0.2) is 0 Å². The Bertz CT molecular complexity index is 1060. The summed E-state index contributed by atoms with van der Waals surface area (Å²) in [7, 11) is 0. The zero-order valence-corrected chi connectivity index (χ0v) is 18.9. The first-order valence-electron chi connectivity index (χ1n) is 9.13. The van der Waals surface area contributed by atoms with Crippen LogP contribution in [0.15, 0.2) is 51.2 Å². The lowest BCUT2D eigenvalue weighted by Crippen LogP contribution is -1.95. The van der Waals surface area contributed by atoms with Crippen LogP contribution in [-0.2, 0) is 0 Å². The Hall–Kier alpha value is -2.30. The Morgan fingerprint density at radius 3 is 2.63 bits per heavy atom. The number of non-ortho nitro benzene ring substituents is 1. The van der Waals surface area contributed by atoms with E-state index in [4.69, 9.17) is 0 Å². The van der Waals surface area contributed by atoms with E-state index in [0.29, 0.717) is 17.7 Å². The van der Waals surface area contributed by atoms with Gasteiger partial charge >= 0.3 is 5.00 Å². The number of rotatable bonds is 8. The molecule has 0 saturated heterocycles. The smallest absolute Gasteiger partial charge is 0.293 e. The molecule has 0 atom stereocenters. The molecule has 3 rings (SSSR count). The molecule has 30 heavy (non-hydrogen) atoms. The zero-order chi connectivity index (χ0) is 21.7. The number of halogens is 1. The second-order valence-electron chi connectivity index (χ2n) is 6.54. The van der Waals surface area contributed by atoms with Gasteiger partial charge in [0.2, 0.25) is 0 Å². The Labute approximate surface area is 189 Å². The minimum absolute atomic E-state index is 0.0249. The lowest BCUT2D eigenvalue weighted by Gasteiger charge is -2.09. The number of thioether (sulfide) groups is 1.